The highest BCUT2D eigenvalue weighted by molar-refractivity contribution is 5.96. The average Bonchev–Trinajstić information content (AvgIpc) is 3.75. The predicted octanol–water partition coefficient (Wildman–Crippen LogP) is 5.60. The number of nitrogens with one attached hydrogen (secondary N) is 2. The molecule has 0 unspecified atom stereocenters. The van der Waals surface area contributed by atoms with Crippen LogP contribution in [0.1, 0.15) is 70.4 Å². The molecule has 5 atom stereocenters. The van der Waals surface area contributed by atoms with Crippen molar-refractivity contribution in [3.8, 4) is 22.4 Å². The molecule has 64 heavy (non-hydrogen) atoms. The molecule has 4 aliphatic heterocycles. The lowest BCUT2D eigenvalue weighted by Gasteiger charge is -2.41. The van der Waals surface area contributed by atoms with Crippen molar-refractivity contribution in [1.82, 2.24) is 35.1 Å². The van der Waals surface area contributed by atoms with Crippen LogP contribution in [0, 0.1) is 11.3 Å². The molecular formula is C49H59N7O8. The zero-order valence-electron chi connectivity index (χ0n) is 37.6. The van der Waals surface area contributed by atoms with Gasteiger partial charge in [-0.1, -0.05) is 50.8 Å². The van der Waals surface area contributed by atoms with Gasteiger partial charge in [-0.2, -0.15) is 0 Å². The van der Waals surface area contributed by atoms with E-state index in [4.69, 9.17) is 19.2 Å². The summed E-state index contributed by atoms with van der Waals surface area (Å²) in [6.07, 6.45) is 3.09. The van der Waals surface area contributed by atoms with Crippen LogP contribution in [0.15, 0.2) is 73.4 Å². The molecule has 338 valence electrons. The van der Waals surface area contributed by atoms with Gasteiger partial charge in [-0.3, -0.25) is 34.1 Å². The third-order valence-corrected chi connectivity index (χ3v) is 13.1. The van der Waals surface area contributed by atoms with Crippen molar-refractivity contribution in [1.29, 1.82) is 0 Å². The Labute approximate surface area is 374 Å². The minimum absolute atomic E-state index is 0.0491. The first-order valence-corrected chi connectivity index (χ1v) is 22.4. The molecule has 0 radical (unpaired) electrons. The number of hydrazine groups is 1. The maximum atomic E-state index is 14.6. The topological polar surface area (TPSA) is 165 Å². The molecule has 0 spiro atoms. The fourth-order valence-corrected chi connectivity index (χ4v) is 9.72. The van der Waals surface area contributed by atoms with Gasteiger partial charge in [0.15, 0.2) is 6.04 Å². The summed E-state index contributed by atoms with van der Waals surface area (Å²) < 4.78 is 19.8. The first kappa shape index (κ1) is 44.5. The zero-order chi connectivity index (χ0) is 45.4. The first-order chi connectivity index (χ1) is 30.7. The maximum absolute atomic E-state index is 14.6. The molecule has 0 saturated carbocycles. The summed E-state index contributed by atoms with van der Waals surface area (Å²) in [5.41, 5.74) is 10.4. The van der Waals surface area contributed by atoms with E-state index in [1.165, 1.54) is 16.0 Å². The first-order valence-electron chi connectivity index (χ1n) is 22.4. The molecule has 15 nitrogen and oxygen atoms in total. The number of nitrogens with zero attached hydrogens (tertiary/aromatic N) is 5. The molecule has 6 heterocycles. The number of likely N-dealkylation sites (tertiary alicyclic amines) is 1. The quantitative estimate of drug-likeness (QED) is 0.160. The standard InChI is InChI=1S/C49H59N7O8/c1-8-41(57)53-25-32(26-53)27-55-43(30(4)64-48(55)61)45(58)51-39-22-31-13-10-14-33(21-31)34-17-18-40-36(23-34)37(44(54(40)9-2)35-15-11-19-50-42(35)29(3)62-7)24-49(5,6)28-63-47(60)38-16-12-20-56(52-38)46(39)59/h8,10-11,13-15,17-19,21,23,29-30,32,38-39,43,52H,1,9,12,16,20,22,24-28H2,2-7H3,(H,51,58)/t29-,30+,38-,39-,43-/m0/s1. The van der Waals surface area contributed by atoms with E-state index in [2.05, 4.69) is 66.9 Å². The van der Waals surface area contributed by atoms with E-state index < -0.39 is 53.5 Å². The van der Waals surface area contributed by atoms with E-state index in [0.717, 1.165) is 50.1 Å². The number of hydrogen-bond acceptors (Lipinski definition) is 10. The highest BCUT2D eigenvalue weighted by Crippen LogP contribution is 2.42. The van der Waals surface area contributed by atoms with Crippen LogP contribution in [0.3, 0.4) is 0 Å². The van der Waals surface area contributed by atoms with Crippen molar-refractivity contribution in [2.24, 2.45) is 11.3 Å². The fraction of sp³-hybridized carbons (Fsp3) is 0.469. The molecule has 4 aliphatic rings. The molecule has 2 aromatic heterocycles. The maximum Gasteiger partial charge on any atom is 0.410 e. The number of fused-ring (bicyclic) bond motifs is 6. The second-order valence-electron chi connectivity index (χ2n) is 18.3. The number of amides is 4. The van der Waals surface area contributed by atoms with Gasteiger partial charge in [0.25, 0.3) is 5.91 Å². The molecule has 8 rings (SSSR count). The van der Waals surface area contributed by atoms with E-state index in [0.29, 0.717) is 45.4 Å². The van der Waals surface area contributed by atoms with Crippen LogP contribution in [-0.4, -0.2) is 118 Å². The molecule has 2 aromatic carbocycles. The molecule has 15 heteroatoms. The number of carbonyl (C=O) groups is 5. The Bertz CT molecular complexity index is 2480. The van der Waals surface area contributed by atoms with Gasteiger partial charge in [0.05, 0.1) is 24.1 Å². The van der Waals surface area contributed by atoms with Gasteiger partial charge >= 0.3 is 12.1 Å². The number of pyridine rings is 1. The highest BCUT2D eigenvalue weighted by atomic mass is 16.6. The van der Waals surface area contributed by atoms with Crippen LogP contribution in [-0.2, 0) is 52.8 Å². The Morgan fingerprint density at radius 2 is 1.88 bits per heavy atom. The Balaban J connectivity index is 1.18. The van der Waals surface area contributed by atoms with Gasteiger partial charge in [-0.15, -0.1) is 0 Å². The number of aromatic nitrogens is 2. The van der Waals surface area contributed by atoms with Crippen molar-refractivity contribution >= 4 is 40.7 Å². The Kier molecular flexibility index (Phi) is 12.7. The van der Waals surface area contributed by atoms with Gasteiger partial charge in [0.1, 0.15) is 18.2 Å². The Morgan fingerprint density at radius 1 is 1.09 bits per heavy atom. The van der Waals surface area contributed by atoms with Gasteiger partial charge in [-0.05, 0) is 92.6 Å². The third kappa shape index (κ3) is 8.75. The number of esters is 1. The Hall–Kier alpha value is -6.06. The predicted molar refractivity (Wildman–Crippen MR) is 240 cm³/mol. The average molecular weight is 874 g/mol. The number of hydrogen-bond donors (Lipinski definition) is 2. The molecular weight excluding hydrogens is 815 g/mol. The summed E-state index contributed by atoms with van der Waals surface area (Å²) in [6.45, 7) is 15.7. The molecule has 4 amide bonds. The SMILES string of the molecule is C=CC(=O)N1CC(CN2C(=O)O[C@H](C)[C@H]2C(=O)N[C@H]2Cc3cccc(c3)-c3ccc4c(c3)c(c(-c3cccnc3[C@H](C)OC)n4CC)CC(C)(C)COC(=O)[C@@H]3CCCN(N3)C2=O)C1. The van der Waals surface area contributed by atoms with Crippen molar-refractivity contribution in [3.63, 3.8) is 0 Å². The molecule has 4 aromatic rings. The number of methoxy groups -OCH3 is 1. The van der Waals surface area contributed by atoms with Crippen LogP contribution in [0.25, 0.3) is 33.3 Å². The number of carbonyl (C=O) groups excluding carboxylic acids is 5. The van der Waals surface area contributed by atoms with Crippen molar-refractivity contribution < 1.29 is 38.2 Å². The summed E-state index contributed by atoms with van der Waals surface area (Å²) in [5.74, 6) is -1.65. The lowest BCUT2D eigenvalue weighted by atomic mass is 9.84. The normalized spacial score (nSPS) is 23.2. The monoisotopic (exact) mass is 873 g/mol. The minimum Gasteiger partial charge on any atom is -0.464 e. The summed E-state index contributed by atoms with van der Waals surface area (Å²) in [4.78, 5) is 75.9. The number of ether oxygens (including phenoxy) is 3. The van der Waals surface area contributed by atoms with Crippen molar-refractivity contribution in [3.05, 3.63) is 90.3 Å². The molecule has 6 bridgehead atoms. The van der Waals surface area contributed by atoms with Crippen LogP contribution < -0.4 is 10.7 Å². The summed E-state index contributed by atoms with van der Waals surface area (Å²) in [7, 11) is 1.68. The van der Waals surface area contributed by atoms with Crippen LogP contribution in [0.2, 0.25) is 0 Å². The van der Waals surface area contributed by atoms with Crippen LogP contribution in [0.5, 0.6) is 0 Å². The van der Waals surface area contributed by atoms with Crippen molar-refractivity contribution in [2.75, 3.05) is 39.9 Å². The van der Waals surface area contributed by atoms with Crippen LogP contribution >= 0.6 is 0 Å². The molecule has 0 aliphatic carbocycles. The zero-order valence-corrected chi connectivity index (χ0v) is 37.6. The largest absolute Gasteiger partial charge is 0.464 e. The summed E-state index contributed by atoms with van der Waals surface area (Å²) in [5, 5.41) is 5.49. The van der Waals surface area contributed by atoms with Gasteiger partial charge in [-0.25, -0.2) is 10.2 Å². The highest BCUT2D eigenvalue weighted by Gasteiger charge is 2.47. The molecule has 3 fully saturated rings. The number of benzene rings is 2. The minimum atomic E-state index is -1.07. The van der Waals surface area contributed by atoms with E-state index >= 15 is 0 Å². The van der Waals surface area contributed by atoms with Gasteiger partial charge < -0.3 is 29.0 Å². The fourth-order valence-electron chi connectivity index (χ4n) is 9.72. The smallest absolute Gasteiger partial charge is 0.410 e. The molecule has 2 N–H and O–H groups in total. The van der Waals surface area contributed by atoms with Gasteiger partial charge in [0.2, 0.25) is 11.8 Å². The third-order valence-electron chi connectivity index (χ3n) is 13.1. The lowest BCUT2D eigenvalue weighted by Crippen LogP contribution is -2.62. The van der Waals surface area contributed by atoms with Crippen LogP contribution in [0.4, 0.5) is 4.79 Å². The number of cyclic esters (lactones) is 2. The van der Waals surface area contributed by atoms with E-state index in [1.807, 2.05) is 37.3 Å². The number of aryl methyl sites for hydroxylation is 1. The second kappa shape index (κ2) is 18.2. The van der Waals surface area contributed by atoms with E-state index in [-0.39, 0.29) is 37.5 Å². The van der Waals surface area contributed by atoms with E-state index in [9.17, 15) is 24.0 Å². The van der Waals surface area contributed by atoms with Crippen molar-refractivity contribution in [2.45, 2.75) is 97.2 Å². The Morgan fingerprint density at radius 3 is 2.62 bits per heavy atom. The van der Waals surface area contributed by atoms with Gasteiger partial charge in [0, 0.05) is 80.3 Å². The number of rotatable bonds is 9. The van der Waals surface area contributed by atoms with E-state index in [1.54, 1.807) is 25.1 Å². The summed E-state index contributed by atoms with van der Waals surface area (Å²) >= 11 is 0. The lowest BCUT2D eigenvalue weighted by molar-refractivity contribution is -0.155. The second-order valence-corrected chi connectivity index (χ2v) is 18.3. The molecule has 3 saturated heterocycles. The summed E-state index contributed by atoms with van der Waals surface area (Å²) in [6, 6.07) is 15.6.